The van der Waals surface area contributed by atoms with Crippen molar-refractivity contribution < 1.29 is 4.74 Å². The number of aryl methyl sites for hydroxylation is 1. The summed E-state index contributed by atoms with van der Waals surface area (Å²) in [7, 11) is 1.72. The summed E-state index contributed by atoms with van der Waals surface area (Å²) in [5.41, 5.74) is 9.44. The summed E-state index contributed by atoms with van der Waals surface area (Å²) in [6, 6.07) is 8.43. The van der Waals surface area contributed by atoms with Crippen LogP contribution in [0.2, 0.25) is 0 Å². The normalized spacial score (nSPS) is 10.9. The summed E-state index contributed by atoms with van der Waals surface area (Å²) < 4.78 is 5.52. The fraction of sp³-hybridized carbons (Fsp3) is 0.333. The molecule has 0 atom stereocenters. The van der Waals surface area contributed by atoms with Gasteiger partial charge < -0.3 is 10.5 Å². The predicted molar refractivity (Wildman–Crippen MR) is 79.5 cm³/mol. The summed E-state index contributed by atoms with van der Waals surface area (Å²) in [5.74, 6) is 1.42. The molecule has 0 unspecified atom stereocenters. The van der Waals surface area contributed by atoms with Crippen LogP contribution < -0.4 is 10.5 Å². The highest BCUT2D eigenvalue weighted by atomic mass is 32.1. The zero-order chi connectivity index (χ0) is 13.3. The summed E-state index contributed by atoms with van der Waals surface area (Å²) in [6.07, 6.45) is 0. The van der Waals surface area contributed by atoms with Gasteiger partial charge in [-0.25, -0.2) is 0 Å². The van der Waals surface area contributed by atoms with Gasteiger partial charge in [0.05, 0.1) is 12.1 Å². The van der Waals surface area contributed by atoms with Crippen molar-refractivity contribution in [3.05, 3.63) is 34.7 Å². The lowest BCUT2D eigenvalue weighted by Crippen LogP contribution is -1.93. The second kappa shape index (κ2) is 5.02. The Labute approximate surface area is 112 Å². The summed E-state index contributed by atoms with van der Waals surface area (Å²) >= 11 is 1.62. The van der Waals surface area contributed by atoms with Gasteiger partial charge in [0.15, 0.2) is 0 Å². The molecule has 1 aromatic heterocycles. The van der Waals surface area contributed by atoms with Crippen molar-refractivity contribution in [2.45, 2.75) is 26.7 Å². The van der Waals surface area contributed by atoms with E-state index in [2.05, 4.69) is 39.0 Å². The number of hydrogen-bond donors (Lipinski definition) is 1. The van der Waals surface area contributed by atoms with Gasteiger partial charge in [0, 0.05) is 16.0 Å². The van der Waals surface area contributed by atoms with Crippen LogP contribution in [0.4, 0.5) is 5.00 Å². The van der Waals surface area contributed by atoms with E-state index in [1.165, 1.54) is 16.0 Å². The van der Waals surface area contributed by atoms with Crippen LogP contribution in [0.15, 0.2) is 24.3 Å². The second-order valence-electron chi connectivity index (χ2n) is 4.73. The number of benzene rings is 1. The Kier molecular flexibility index (Phi) is 3.62. The van der Waals surface area contributed by atoms with Crippen LogP contribution in [0.5, 0.6) is 5.75 Å². The van der Waals surface area contributed by atoms with Crippen LogP contribution in [0.3, 0.4) is 0 Å². The molecule has 2 rings (SSSR count). The van der Waals surface area contributed by atoms with E-state index in [0.717, 1.165) is 16.3 Å². The highest BCUT2D eigenvalue weighted by Gasteiger charge is 2.12. The van der Waals surface area contributed by atoms with Gasteiger partial charge in [-0.1, -0.05) is 26.0 Å². The monoisotopic (exact) mass is 261 g/mol. The Morgan fingerprint density at radius 3 is 2.39 bits per heavy atom. The molecular weight excluding hydrogens is 242 g/mol. The zero-order valence-electron chi connectivity index (χ0n) is 11.3. The molecule has 2 aromatic rings. The molecule has 2 N–H and O–H groups in total. The Balaban J connectivity index is 2.54. The molecular formula is C15H19NOS. The molecule has 0 aliphatic heterocycles. The molecule has 1 heterocycles. The molecule has 0 fully saturated rings. The third-order valence-corrected chi connectivity index (χ3v) is 4.00. The smallest absolute Gasteiger partial charge is 0.127 e. The van der Waals surface area contributed by atoms with Crippen LogP contribution in [0.1, 0.15) is 30.2 Å². The van der Waals surface area contributed by atoms with E-state index >= 15 is 0 Å². The van der Waals surface area contributed by atoms with E-state index in [4.69, 9.17) is 10.5 Å². The molecule has 0 amide bonds. The number of thiophene rings is 1. The number of hydrogen-bond acceptors (Lipinski definition) is 3. The Morgan fingerprint density at radius 2 is 1.89 bits per heavy atom. The third kappa shape index (κ3) is 2.36. The van der Waals surface area contributed by atoms with Crippen LogP contribution in [-0.4, -0.2) is 7.11 Å². The van der Waals surface area contributed by atoms with Gasteiger partial charge in [-0.05, 0) is 30.5 Å². The van der Waals surface area contributed by atoms with Gasteiger partial charge in [0.25, 0.3) is 0 Å². The number of methoxy groups -OCH3 is 1. The number of anilines is 1. The maximum Gasteiger partial charge on any atom is 0.127 e. The minimum atomic E-state index is 0.501. The van der Waals surface area contributed by atoms with Crippen LogP contribution in [-0.2, 0) is 0 Å². The first kappa shape index (κ1) is 13.0. The molecule has 0 aliphatic carbocycles. The summed E-state index contributed by atoms with van der Waals surface area (Å²) in [5, 5.41) is 0.845. The van der Waals surface area contributed by atoms with Crippen molar-refractivity contribution in [3.8, 4) is 16.9 Å². The van der Waals surface area contributed by atoms with E-state index in [0.29, 0.717) is 5.92 Å². The van der Waals surface area contributed by atoms with Crippen molar-refractivity contribution in [3.63, 3.8) is 0 Å². The van der Waals surface area contributed by atoms with E-state index in [9.17, 15) is 0 Å². The topological polar surface area (TPSA) is 35.2 Å². The van der Waals surface area contributed by atoms with Crippen molar-refractivity contribution in [1.82, 2.24) is 0 Å². The first-order valence-electron chi connectivity index (χ1n) is 6.07. The highest BCUT2D eigenvalue weighted by Crippen LogP contribution is 2.38. The lowest BCUT2D eigenvalue weighted by molar-refractivity contribution is 0.415. The van der Waals surface area contributed by atoms with Crippen molar-refractivity contribution in [2.24, 2.45) is 0 Å². The van der Waals surface area contributed by atoms with Gasteiger partial charge in [-0.15, -0.1) is 11.3 Å². The minimum Gasteiger partial charge on any atom is -0.496 e. The molecule has 96 valence electrons. The molecule has 2 nitrogen and oxygen atoms in total. The lowest BCUT2D eigenvalue weighted by atomic mass is 9.98. The molecule has 0 spiro atoms. The van der Waals surface area contributed by atoms with Crippen LogP contribution in [0, 0.1) is 6.92 Å². The second-order valence-corrected chi connectivity index (χ2v) is 6.02. The van der Waals surface area contributed by atoms with Gasteiger partial charge in [0.2, 0.25) is 0 Å². The maximum absolute atomic E-state index is 5.86. The Bertz CT molecular complexity index is 558. The molecule has 0 bridgehead atoms. The number of rotatable bonds is 3. The quantitative estimate of drug-likeness (QED) is 0.886. The molecule has 0 saturated carbocycles. The third-order valence-electron chi connectivity index (χ3n) is 3.12. The largest absolute Gasteiger partial charge is 0.496 e. The van der Waals surface area contributed by atoms with Crippen LogP contribution >= 0.6 is 11.3 Å². The van der Waals surface area contributed by atoms with Gasteiger partial charge in [-0.3, -0.25) is 0 Å². The Hall–Kier alpha value is -1.48. The summed E-state index contributed by atoms with van der Waals surface area (Å²) in [6.45, 7) is 6.46. The van der Waals surface area contributed by atoms with Crippen molar-refractivity contribution in [1.29, 1.82) is 0 Å². The lowest BCUT2D eigenvalue weighted by Gasteiger charge is -2.12. The minimum absolute atomic E-state index is 0.501. The molecule has 18 heavy (non-hydrogen) atoms. The molecule has 0 aliphatic rings. The SMILES string of the molecule is COc1cc(C(C)C)ccc1-c1cc(N)sc1C. The average Bonchev–Trinajstić information content (AvgIpc) is 2.67. The number of ether oxygens (including phenoxy) is 1. The van der Waals surface area contributed by atoms with E-state index in [-0.39, 0.29) is 0 Å². The van der Waals surface area contributed by atoms with E-state index in [1.807, 2.05) is 6.07 Å². The summed E-state index contributed by atoms with van der Waals surface area (Å²) in [4.78, 5) is 1.23. The van der Waals surface area contributed by atoms with E-state index < -0.39 is 0 Å². The standard InChI is InChI=1S/C15H19NOS/c1-9(2)11-5-6-12(14(7-11)17-4)13-8-15(16)18-10(13)3/h5-9H,16H2,1-4H3. The van der Waals surface area contributed by atoms with Crippen LogP contribution in [0.25, 0.3) is 11.1 Å². The predicted octanol–water partition coefficient (Wildman–Crippen LogP) is 4.44. The van der Waals surface area contributed by atoms with Gasteiger partial charge in [0.1, 0.15) is 5.75 Å². The fourth-order valence-corrected chi connectivity index (χ4v) is 2.87. The molecule has 0 radical (unpaired) electrons. The fourth-order valence-electron chi connectivity index (χ4n) is 2.06. The van der Waals surface area contributed by atoms with Gasteiger partial charge in [-0.2, -0.15) is 0 Å². The number of nitrogen functional groups attached to an aromatic ring is 1. The molecule has 1 aromatic carbocycles. The first-order chi connectivity index (χ1) is 8.52. The maximum atomic E-state index is 5.86. The zero-order valence-corrected chi connectivity index (χ0v) is 12.1. The Morgan fingerprint density at radius 1 is 1.17 bits per heavy atom. The number of nitrogens with two attached hydrogens (primary N) is 1. The van der Waals surface area contributed by atoms with Crippen molar-refractivity contribution >= 4 is 16.3 Å². The highest BCUT2D eigenvalue weighted by molar-refractivity contribution is 7.16. The van der Waals surface area contributed by atoms with E-state index in [1.54, 1.807) is 18.4 Å². The molecule has 0 saturated heterocycles. The van der Waals surface area contributed by atoms with Gasteiger partial charge >= 0.3 is 0 Å². The molecule has 3 heteroatoms. The average molecular weight is 261 g/mol. The first-order valence-corrected chi connectivity index (χ1v) is 6.88. The van der Waals surface area contributed by atoms with Crippen molar-refractivity contribution in [2.75, 3.05) is 12.8 Å².